The largest absolute Gasteiger partial charge is 0.486 e. The van der Waals surface area contributed by atoms with E-state index in [0.29, 0.717) is 19.8 Å². The van der Waals surface area contributed by atoms with Crippen LogP contribution >= 0.6 is 11.3 Å². The molecule has 1 aliphatic heterocycles. The van der Waals surface area contributed by atoms with Crippen LogP contribution in [0.1, 0.15) is 28.1 Å². The highest BCUT2D eigenvalue weighted by Crippen LogP contribution is 2.36. The molecule has 3 aromatic rings. The first-order chi connectivity index (χ1) is 13.8. The summed E-state index contributed by atoms with van der Waals surface area (Å²) in [5.41, 5.74) is 2.38. The maximum absolute atomic E-state index is 12.4. The number of benzene rings is 2. The molecule has 2 aromatic carbocycles. The number of unbranched alkanes of at least 4 members (excludes halogenated alkanes) is 1. The molecule has 0 aliphatic carbocycles. The van der Waals surface area contributed by atoms with Crippen LogP contribution in [0, 0.1) is 0 Å². The molecule has 5 heteroatoms. The summed E-state index contributed by atoms with van der Waals surface area (Å²) in [6, 6.07) is 20.2. The molecule has 4 nitrogen and oxygen atoms in total. The second kappa shape index (κ2) is 8.93. The first-order valence-corrected chi connectivity index (χ1v) is 10.4. The average Bonchev–Trinajstić information content (AvgIpc) is 3.24. The van der Waals surface area contributed by atoms with Gasteiger partial charge in [0, 0.05) is 11.4 Å². The van der Waals surface area contributed by atoms with E-state index in [2.05, 4.69) is 29.6 Å². The highest BCUT2D eigenvalue weighted by molar-refractivity contribution is 7.17. The third kappa shape index (κ3) is 4.54. The predicted molar refractivity (Wildman–Crippen MR) is 112 cm³/mol. The summed E-state index contributed by atoms with van der Waals surface area (Å²) in [6.07, 6.45) is 3.09. The zero-order valence-corrected chi connectivity index (χ0v) is 16.5. The van der Waals surface area contributed by atoms with E-state index in [1.807, 2.05) is 36.4 Å². The Morgan fingerprint density at radius 2 is 1.75 bits per heavy atom. The van der Waals surface area contributed by atoms with E-state index in [9.17, 15) is 4.79 Å². The molecule has 0 radical (unpaired) electrons. The number of carbonyl (C=O) groups excluding carboxylic acids is 1. The van der Waals surface area contributed by atoms with Gasteiger partial charge in [-0.05, 0) is 60.7 Å². The number of fused-ring (bicyclic) bond motifs is 1. The minimum Gasteiger partial charge on any atom is -0.486 e. The molecule has 0 saturated carbocycles. The van der Waals surface area contributed by atoms with Crippen LogP contribution in [-0.2, 0) is 6.42 Å². The maximum Gasteiger partial charge on any atom is 0.261 e. The Labute approximate surface area is 169 Å². The molecule has 28 heavy (non-hydrogen) atoms. The van der Waals surface area contributed by atoms with Crippen molar-refractivity contribution in [2.45, 2.75) is 19.3 Å². The van der Waals surface area contributed by atoms with Gasteiger partial charge in [-0.15, -0.1) is 11.3 Å². The first kappa shape index (κ1) is 18.6. The van der Waals surface area contributed by atoms with E-state index in [-0.39, 0.29) is 5.91 Å². The number of thiophene rings is 1. The molecule has 144 valence electrons. The molecule has 1 amide bonds. The summed E-state index contributed by atoms with van der Waals surface area (Å²) < 4.78 is 11.2. The molecule has 0 spiro atoms. The van der Waals surface area contributed by atoms with Crippen molar-refractivity contribution < 1.29 is 14.3 Å². The number of hydrogen-bond acceptors (Lipinski definition) is 4. The monoisotopic (exact) mass is 393 g/mol. The first-order valence-electron chi connectivity index (χ1n) is 9.61. The Hall–Kier alpha value is -2.79. The minimum absolute atomic E-state index is 0.00601. The lowest BCUT2D eigenvalue weighted by molar-refractivity contribution is 0.0957. The normalized spacial score (nSPS) is 12.6. The van der Waals surface area contributed by atoms with Gasteiger partial charge in [-0.25, -0.2) is 0 Å². The lowest BCUT2D eigenvalue weighted by Crippen LogP contribution is -2.23. The third-order valence-electron chi connectivity index (χ3n) is 4.68. The van der Waals surface area contributed by atoms with Crippen molar-refractivity contribution in [1.29, 1.82) is 0 Å². The zero-order chi connectivity index (χ0) is 19.2. The highest BCUT2D eigenvalue weighted by Gasteiger charge is 2.14. The van der Waals surface area contributed by atoms with Crippen molar-refractivity contribution in [3.63, 3.8) is 0 Å². The SMILES string of the molecule is O=C(NCCCCc1ccccc1)c1ccc(-c2ccc3c(c2)OCCO3)s1. The summed E-state index contributed by atoms with van der Waals surface area (Å²) in [4.78, 5) is 14.2. The summed E-state index contributed by atoms with van der Waals surface area (Å²) in [7, 11) is 0. The number of nitrogens with one attached hydrogen (secondary N) is 1. The molecule has 2 heterocycles. The van der Waals surface area contributed by atoms with Crippen LogP contribution in [0.5, 0.6) is 11.5 Å². The fourth-order valence-electron chi connectivity index (χ4n) is 3.20. The summed E-state index contributed by atoms with van der Waals surface area (Å²) in [5, 5.41) is 3.03. The number of ether oxygens (including phenoxy) is 2. The van der Waals surface area contributed by atoms with Crippen LogP contribution in [0.15, 0.2) is 60.7 Å². The molecule has 0 atom stereocenters. The molecule has 1 aromatic heterocycles. The van der Waals surface area contributed by atoms with Crippen LogP contribution in [-0.4, -0.2) is 25.7 Å². The van der Waals surface area contributed by atoms with Gasteiger partial charge in [-0.2, -0.15) is 0 Å². The second-order valence-corrected chi connectivity index (χ2v) is 7.80. The predicted octanol–water partition coefficient (Wildman–Crippen LogP) is 4.94. The zero-order valence-electron chi connectivity index (χ0n) is 15.6. The molecule has 0 fully saturated rings. The Balaban J connectivity index is 1.28. The number of rotatable bonds is 7. The fourth-order valence-corrected chi connectivity index (χ4v) is 4.12. The van der Waals surface area contributed by atoms with Gasteiger partial charge in [-0.3, -0.25) is 4.79 Å². The van der Waals surface area contributed by atoms with Crippen LogP contribution in [0.4, 0.5) is 0 Å². The Morgan fingerprint density at radius 1 is 0.929 bits per heavy atom. The summed E-state index contributed by atoms with van der Waals surface area (Å²) in [6.45, 7) is 1.85. The van der Waals surface area contributed by atoms with E-state index in [0.717, 1.165) is 46.1 Å². The Kier molecular flexibility index (Phi) is 5.92. The van der Waals surface area contributed by atoms with Gasteiger partial charge in [0.25, 0.3) is 5.91 Å². The summed E-state index contributed by atoms with van der Waals surface area (Å²) in [5.74, 6) is 1.54. The van der Waals surface area contributed by atoms with E-state index in [4.69, 9.17) is 9.47 Å². The van der Waals surface area contributed by atoms with E-state index in [1.54, 1.807) is 0 Å². The van der Waals surface area contributed by atoms with Gasteiger partial charge in [0.05, 0.1) is 4.88 Å². The van der Waals surface area contributed by atoms with Gasteiger partial charge in [-0.1, -0.05) is 30.3 Å². The quantitative estimate of drug-likeness (QED) is 0.579. The standard InChI is InChI=1S/C23H23NO3S/c25-23(24-13-5-4-8-17-6-2-1-3-7-17)22-12-11-21(28-22)18-9-10-19-20(16-18)27-15-14-26-19/h1-3,6-7,9-12,16H,4-5,8,13-15H2,(H,24,25). The van der Waals surface area contributed by atoms with Crippen LogP contribution in [0.3, 0.4) is 0 Å². The minimum atomic E-state index is -0.00601. The second-order valence-electron chi connectivity index (χ2n) is 6.72. The number of aryl methyl sites for hydroxylation is 1. The van der Waals surface area contributed by atoms with Gasteiger partial charge >= 0.3 is 0 Å². The van der Waals surface area contributed by atoms with Gasteiger partial charge in [0.2, 0.25) is 0 Å². The summed E-state index contributed by atoms with van der Waals surface area (Å²) >= 11 is 1.50. The number of hydrogen-bond donors (Lipinski definition) is 1. The smallest absolute Gasteiger partial charge is 0.261 e. The topological polar surface area (TPSA) is 47.6 Å². The highest BCUT2D eigenvalue weighted by atomic mass is 32.1. The molecule has 0 bridgehead atoms. The van der Waals surface area contributed by atoms with Gasteiger partial charge in [0.15, 0.2) is 11.5 Å². The molecule has 0 saturated heterocycles. The Morgan fingerprint density at radius 3 is 2.61 bits per heavy atom. The molecular formula is C23H23NO3S. The van der Waals surface area contributed by atoms with Crippen molar-refractivity contribution in [3.05, 3.63) is 71.1 Å². The lowest BCUT2D eigenvalue weighted by Gasteiger charge is -2.18. The average molecular weight is 394 g/mol. The fraction of sp³-hybridized carbons (Fsp3) is 0.261. The lowest BCUT2D eigenvalue weighted by atomic mass is 10.1. The van der Waals surface area contributed by atoms with Crippen molar-refractivity contribution >= 4 is 17.2 Å². The van der Waals surface area contributed by atoms with Crippen LogP contribution < -0.4 is 14.8 Å². The number of amides is 1. The van der Waals surface area contributed by atoms with Crippen molar-refractivity contribution in [3.8, 4) is 21.9 Å². The van der Waals surface area contributed by atoms with Crippen molar-refractivity contribution in [2.75, 3.05) is 19.8 Å². The molecule has 1 N–H and O–H groups in total. The van der Waals surface area contributed by atoms with Gasteiger partial charge < -0.3 is 14.8 Å². The number of carbonyl (C=O) groups is 1. The van der Waals surface area contributed by atoms with E-state index in [1.165, 1.54) is 16.9 Å². The molecule has 4 rings (SSSR count). The maximum atomic E-state index is 12.4. The molecule has 1 aliphatic rings. The third-order valence-corrected chi connectivity index (χ3v) is 5.81. The van der Waals surface area contributed by atoms with Gasteiger partial charge in [0.1, 0.15) is 13.2 Å². The Bertz CT molecular complexity index is 936. The van der Waals surface area contributed by atoms with Crippen LogP contribution in [0.25, 0.3) is 10.4 Å². The van der Waals surface area contributed by atoms with Crippen LogP contribution in [0.2, 0.25) is 0 Å². The van der Waals surface area contributed by atoms with Crippen molar-refractivity contribution in [2.24, 2.45) is 0 Å². The van der Waals surface area contributed by atoms with E-state index >= 15 is 0 Å². The van der Waals surface area contributed by atoms with E-state index < -0.39 is 0 Å². The molecule has 0 unspecified atom stereocenters. The van der Waals surface area contributed by atoms with Crippen molar-refractivity contribution in [1.82, 2.24) is 5.32 Å². The molecular weight excluding hydrogens is 370 g/mol.